The summed E-state index contributed by atoms with van der Waals surface area (Å²) in [7, 11) is 1.59. The van der Waals surface area contributed by atoms with Crippen molar-refractivity contribution in [3.05, 3.63) is 58.6 Å². The van der Waals surface area contributed by atoms with Crippen LogP contribution in [0.25, 0.3) is 11.4 Å². The van der Waals surface area contributed by atoms with E-state index in [4.69, 9.17) is 16.3 Å². The van der Waals surface area contributed by atoms with Crippen LogP contribution in [0.1, 0.15) is 11.1 Å². The molecular weight excluding hydrogens is 368 g/mol. The number of aromatic amines is 1. The number of rotatable bonds is 6. The second-order valence-corrected chi connectivity index (χ2v) is 7.34. The van der Waals surface area contributed by atoms with E-state index in [0.29, 0.717) is 28.2 Å². The first-order valence-corrected chi connectivity index (χ1v) is 9.23. The lowest BCUT2D eigenvalue weighted by atomic mass is 10.1. The number of nitrogens with one attached hydrogen (secondary N) is 1. The lowest BCUT2D eigenvalue weighted by Gasteiger charge is -2.07. The summed E-state index contributed by atoms with van der Waals surface area (Å²) in [6, 6.07) is 15.8. The number of ether oxygens (including phenoxy) is 1. The number of nitrogens with zero attached hydrogens (tertiary/aromatic N) is 3. The summed E-state index contributed by atoms with van der Waals surface area (Å²) >= 11 is 7.41. The van der Waals surface area contributed by atoms with Crippen molar-refractivity contribution < 1.29 is 4.74 Å². The second-order valence-electron chi connectivity index (χ2n) is 5.74. The first-order valence-electron chi connectivity index (χ1n) is 7.97. The Kier molecular flexibility index (Phi) is 5.82. The van der Waals surface area contributed by atoms with Gasteiger partial charge < -0.3 is 4.74 Å². The van der Waals surface area contributed by atoms with E-state index >= 15 is 0 Å². The molecule has 1 atom stereocenters. The van der Waals surface area contributed by atoms with Crippen molar-refractivity contribution in [2.75, 3.05) is 7.11 Å². The van der Waals surface area contributed by atoms with Gasteiger partial charge in [-0.15, -0.1) is 5.10 Å². The number of benzene rings is 2. The Morgan fingerprint density at radius 3 is 2.73 bits per heavy atom. The molecule has 3 rings (SSSR count). The zero-order valence-corrected chi connectivity index (χ0v) is 15.9. The van der Waals surface area contributed by atoms with Gasteiger partial charge in [-0.2, -0.15) is 5.26 Å². The Morgan fingerprint density at radius 2 is 2.04 bits per heavy atom. The van der Waals surface area contributed by atoms with Crippen LogP contribution in [0.4, 0.5) is 0 Å². The molecular formula is C19H17ClN4OS. The maximum Gasteiger partial charge on any atom is 0.210 e. The molecule has 0 bridgehead atoms. The van der Waals surface area contributed by atoms with Crippen molar-refractivity contribution in [3.8, 4) is 23.2 Å². The highest BCUT2D eigenvalue weighted by atomic mass is 35.5. The zero-order chi connectivity index (χ0) is 18.5. The van der Waals surface area contributed by atoms with Gasteiger partial charge in [-0.25, -0.2) is 4.98 Å². The molecule has 1 N–H and O–H groups in total. The van der Waals surface area contributed by atoms with E-state index in [0.717, 1.165) is 11.1 Å². The Morgan fingerprint density at radius 1 is 1.27 bits per heavy atom. The van der Waals surface area contributed by atoms with Crippen molar-refractivity contribution in [2.45, 2.75) is 23.8 Å². The molecule has 0 saturated heterocycles. The first kappa shape index (κ1) is 18.3. The largest absolute Gasteiger partial charge is 0.496 e. The zero-order valence-electron chi connectivity index (χ0n) is 14.4. The number of halogens is 1. The minimum atomic E-state index is -0.275. The highest BCUT2D eigenvalue weighted by molar-refractivity contribution is 8.00. The van der Waals surface area contributed by atoms with Crippen molar-refractivity contribution in [3.63, 3.8) is 0 Å². The first-order chi connectivity index (χ1) is 12.6. The third-order valence-electron chi connectivity index (χ3n) is 3.81. The molecule has 3 aromatic rings. The van der Waals surface area contributed by atoms with Crippen molar-refractivity contribution in [1.82, 2.24) is 15.2 Å². The summed E-state index contributed by atoms with van der Waals surface area (Å²) in [5.41, 5.74) is 3.04. The lowest BCUT2D eigenvalue weighted by molar-refractivity contribution is 0.416. The molecule has 5 nitrogen and oxygen atoms in total. The molecule has 7 heteroatoms. The third kappa shape index (κ3) is 4.37. The lowest BCUT2D eigenvalue weighted by Crippen LogP contribution is -2.04. The second kappa shape index (κ2) is 8.26. The number of nitriles is 1. The van der Waals surface area contributed by atoms with Crippen LogP contribution < -0.4 is 4.74 Å². The third-order valence-corrected chi connectivity index (χ3v) is 5.00. The quantitative estimate of drug-likeness (QED) is 0.625. The highest BCUT2D eigenvalue weighted by Gasteiger charge is 2.16. The van der Waals surface area contributed by atoms with Crippen LogP contribution in [0.3, 0.4) is 0 Å². The summed E-state index contributed by atoms with van der Waals surface area (Å²) in [4.78, 5) is 4.48. The fourth-order valence-electron chi connectivity index (χ4n) is 2.46. The Hall–Kier alpha value is -2.49. The number of thioether (sulfide) groups is 1. The SMILES string of the molecule is COc1ccc(Cl)cc1-c1nc(S[C@@H](C#N)Cc2ccc(C)cc2)n[nH]1. The maximum absolute atomic E-state index is 9.47. The molecule has 0 aliphatic rings. The van der Waals surface area contributed by atoms with Crippen molar-refractivity contribution in [1.29, 1.82) is 5.26 Å². The Bertz CT molecular complexity index is 933. The molecule has 0 amide bonds. The molecule has 0 unspecified atom stereocenters. The summed E-state index contributed by atoms with van der Waals surface area (Å²) in [6.07, 6.45) is 0.631. The van der Waals surface area contributed by atoms with Crippen LogP contribution in [0.15, 0.2) is 47.6 Å². The van der Waals surface area contributed by atoms with Crippen LogP contribution in [0.2, 0.25) is 5.02 Å². The van der Waals surface area contributed by atoms with Crippen LogP contribution in [-0.2, 0) is 6.42 Å². The van der Waals surface area contributed by atoms with E-state index < -0.39 is 0 Å². The molecule has 0 fully saturated rings. The van der Waals surface area contributed by atoms with Gasteiger partial charge in [0.15, 0.2) is 5.82 Å². The molecule has 0 aliphatic heterocycles. The Balaban J connectivity index is 1.76. The minimum absolute atomic E-state index is 0.275. The van der Waals surface area contributed by atoms with Gasteiger partial charge in [0.1, 0.15) is 11.0 Å². The van der Waals surface area contributed by atoms with Gasteiger partial charge in [-0.05, 0) is 37.1 Å². The molecule has 26 heavy (non-hydrogen) atoms. The van der Waals surface area contributed by atoms with Gasteiger partial charge in [0.25, 0.3) is 0 Å². The van der Waals surface area contributed by atoms with E-state index in [1.807, 2.05) is 31.2 Å². The summed E-state index contributed by atoms with van der Waals surface area (Å²) in [6.45, 7) is 2.04. The molecule has 2 aromatic carbocycles. The van der Waals surface area contributed by atoms with E-state index in [1.165, 1.54) is 17.3 Å². The van der Waals surface area contributed by atoms with E-state index in [9.17, 15) is 5.26 Å². The van der Waals surface area contributed by atoms with Crippen molar-refractivity contribution >= 4 is 23.4 Å². The average molecular weight is 385 g/mol. The van der Waals surface area contributed by atoms with E-state index in [2.05, 4.69) is 21.3 Å². The molecule has 0 aliphatic carbocycles. The fraction of sp³-hybridized carbons (Fsp3) is 0.211. The number of H-pyrrole nitrogens is 1. The van der Waals surface area contributed by atoms with Crippen LogP contribution >= 0.6 is 23.4 Å². The molecule has 132 valence electrons. The molecule has 0 saturated carbocycles. The van der Waals surface area contributed by atoms with Gasteiger partial charge in [-0.3, -0.25) is 5.10 Å². The van der Waals surface area contributed by atoms with Crippen LogP contribution in [-0.4, -0.2) is 27.5 Å². The molecule has 1 heterocycles. The average Bonchev–Trinajstić information content (AvgIpc) is 3.11. The molecule has 0 radical (unpaired) electrons. The van der Waals surface area contributed by atoms with E-state index in [1.54, 1.807) is 25.3 Å². The molecule has 0 spiro atoms. The van der Waals surface area contributed by atoms with Gasteiger partial charge in [0.05, 0.1) is 18.7 Å². The number of hydrogen-bond acceptors (Lipinski definition) is 5. The number of aromatic nitrogens is 3. The fourth-order valence-corrected chi connectivity index (χ4v) is 3.46. The number of methoxy groups -OCH3 is 1. The summed E-state index contributed by atoms with van der Waals surface area (Å²) in [5, 5.41) is 17.4. The highest BCUT2D eigenvalue weighted by Crippen LogP contribution is 2.32. The van der Waals surface area contributed by atoms with Gasteiger partial charge in [-0.1, -0.05) is 53.2 Å². The number of hydrogen-bond donors (Lipinski definition) is 1. The van der Waals surface area contributed by atoms with Crippen LogP contribution in [0, 0.1) is 18.3 Å². The predicted octanol–water partition coefficient (Wildman–Crippen LogP) is 4.67. The summed E-state index contributed by atoms with van der Waals surface area (Å²) < 4.78 is 5.35. The van der Waals surface area contributed by atoms with Gasteiger partial charge >= 0.3 is 0 Å². The van der Waals surface area contributed by atoms with E-state index in [-0.39, 0.29) is 5.25 Å². The minimum Gasteiger partial charge on any atom is -0.496 e. The Labute approximate surface area is 161 Å². The normalized spacial score (nSPS) is 11.8. The summed E-state index contributed by atoms with van der Waals surface area (Å²) in [5.74, 6) is 1.21. The van der Waals surface area contributed by atoms with Gasteiger partial charge in [0, 0.05) is 5.02 Å². The van der Waals surface area contributed by atoms with Gasteiger partial charge in [0.2, 0.25) is 5.16 Å². The monoisotopic (exact) mass is 384 g/mol. The van der Waals surface area contributed by atoms with Crippen LogP contribution in [0.5, 0.6) is 5.75 Å². The standard InChI is InChI=1S/C19H17ClN4OS/c1-12-3-5-13(6-4-12)9-15(11-21)26-19-22-18(23-24-19)16-10-14(20)7-8-17(16)25-2/h3-8,10,15H,9H2,1-2H3,(H,22,23,24)/t15-/m1/s1. The van der Waals surface area contributed by atoms with Crippen molar-refractivity contribution in [2.24, 2.45) is 0 Å². The maximum atomic E-state index is 9.47. The smallest absolute Gasteiger partial charge is 0.210 e. The predicted molar refractivity (Wildman–Crippen MR) is 104 cm³/mol. The topological polar surface area (TPSA) is 74.6 Å². The molecule has 1 aromatic heterocycles. The number of aryl methyl sites for hydroxylation is 1.